The van der Waals surface area contributed by atoms with Crippen LogP contribution in [0.1, 0.15) is 11.1 Å². The Morgan fingerprint density at radius 1 is 0.906 bits per heavy atom. The number of carbonyl (C=O) groups excluding carboxylic acids is 1. The fraction of sp³-hybridized carbons (Fsp3) is 0.192. The van der Waals surface area contributed by atoms with E-state index in [-0.39, 0.29) is 5.91 Å². The van der Waals surface area contributed by atoms with Gasteiger partial charge >= 0.3 is 0 Å². The summed E-state index contributed by atoms with van der Waals surface area (Å²) in [5, 5.41) is 2.88. The van der Waals surface area contributed by atoms with Crippen molar-refractivity contribution in [2.24, 2.45) is 0 Å². The number of hydrogen-bond donors (Lipinski definition) is 1. The fourth-order valence-electron chi connectivity index (χ4n) is 3.30. The molecule has 32 heavy (non-hydrogen) atoms. The molecule has 3 rings (SSSR count). The second-order valence-corrected chi connectivity index (χ2v) is 7.17. The van der Waals surface area contributed by atoms with Crippen molar-refractivity contribution < 1.29 is 19.0 Å². The first kappa shape index (κ1) is 22.7. The van der Waals surface area contributed by atoms with Gasteiger partial charge in [0.25, 0.3) is 0 Å². The Labute approximate surface area is 189 Å². The van der Waals surface area contributed by atoms with Crippen molar-refractivity contribution in [3.63, 3.8) is 0 Å². The predicted octanol–water partition coefficient (Wildman–Crippen LogP) is 5.00. The first-order valence-corrected chi connectivity index (χ1v) is 10.2. The molecule has 0 aliphatic carbocycles. The van der Waals surface area contributed by atoms with Crippen LogP contribution in [0.15, 0.2) is 72.8 Å². The normalized spacial score (nSPS) is 10.6. The molecule has 0 atom stereocenters. The van der Waals surface area contributed by atoms with Crippen LogP contribution in [0.2, 0.25) is 0 Å². The Balaban J connectivity index is 1.63. The molecule has 0 saturated heterocycles. The zero-order valence-electron chi connectivity index (χ0n) is 18.8. The fourth-order valence-corrected chi connectivity index (χ4v) is 3.30. The lowest BCUT2D eigenvalue weighted by molar-refractivity contribution is -0.111. The van der Waals surface area contributed by atoms with Crippen molar-refractivity contribution in [3.8, 4) is 17.2 Å². The highest BCUT2D eigenvalue weighted by atomic mass is 16.5. The summed E-state index contributed by atoms with van der Waals surface area (Å²) in [6.45, 7) is 0.810. The molecule has 0 bridgehead atoms. The molecule has 166 valence electrons. The molecule has 6 nitrogen and oxygen atoms in total. The molecule has 6 heteroatoms. The van der Waals surface area contributed by atoms with E-state index in [4.69, 9.17) is 14.2 Å². The van der Waals surface area contributed by atoms with E-state index in [1.165, 1.54) is 11.6 Å². The summed E-state index contributed by atoms with van der Waals surface area (Å²) >= 11 is 0. The molecule has 3 aromatic rings. The van der Waals surface area contributed by atoms with Gasteiger partial charge in [-0.25, -0.2) is 0 Å². The molecule has 0 radical (unpaired) electrons. The van der Waals surface area contributed by atoms with Gasteiger partial charge in [-0.2, -0.15) is 0 Å². The summed E-state index contributed by atoms with van der Waals surface area (Å²) in [5.41, 5.74) is 3.79. The maximum Gasteiger partial charge on any atom is 0.248 e. The molecule has 0 unspecified atom stereocenters. The second kappa shape index (κ2) is 10.9. The standard InChI is InChI=1S/C26H28N2O4/c1-28(18-19-8-6-5-7-9-19)22-13-11-21(12-14-22)27-25(29)15-10-20-16-23(30-2)26(32-4)24(17-20)31-3/h5-17H,18H2,1-4H3,(H,27,29)/b15-10+. The topological polar surface area (TPSA) is 60.0 Å². The Morgan fingerprint density at radius 2 is 1.53 bits per heavy atom. The number of hydrogen-bond acceptors (Lipinski definition) is 5. The summed E-state index contributed by atoms with van der Waals surface area (Å²) in [4.78, 5) is 14.5. The van der Waals surface area contributed by atoms with Crippen LogP contribution >= 0.6 is 0 Å². The average molecular weight is 433 g/mol. The highest BCUT2D eigenvalue weighted by Gasteiger charge is 2.12. The number of amides is 1. The maximum absolute atomic E-state index is 12.4. The van der Waals surface area contributed by atoms with E-state index >= 15 is 0 Å². The number of anilines is 2. The van der Waals surface area contributed by atoms with Gasteiger partial charge in [0.2, 0.25) is 11.7 Å². The van der Waals surface area contributed by atoms with Crippen molar-refractivity contribution in [2.75, 3.05) is 38.6 Å². The minimum Gasteiger partial charge on any atom is -0.493 e. The van der Waals surface area contributed by atoms with E-state index in [9.17, 15) is 4.79 Å². The van der Waals surface area contributed by atoms with Crippen molar-refractivity contribution in [1.82, 2.24) is 0 Å². The van der Waals surface area contributed by atoms with Crippen LogP contribution in [0.25, 0.3) is 6.08 Å². The molecule has 0 fully saturated rings. The molecule has 0 spiro atoms. The summed E-state index contributed by atoms with van der Waals surface area (Å²) in [7, 11) is 6.70. The summed E-state index contributed by atoms with van der Waals surface area (Å²) in [6.07, 6.45) is 3.16. The summed E-state index contributed by atoms with van der Waals surface area (Å²) < 4.78 is 16.0. The molecular formula is C26H28N2O4. The SMILES string of the molecule is COc1cc(/C=C/C(=O)Nc2ccc(N(C)Cc3ccccc3)cc2)cc(OC)c1OC. The highest BCUT2D eigenvalue weighted by molar-refractivity contribution is 6.02. The number of benzene rings is 3. The van der Waals surface area contributed by atoms with E-state index in [1.54, 1.807) is 39.5 Å². The first-order valence-electron chi connectivity index (χ1n) is 10.2. The molecule has 0 aliphatic rings. The minimum absolute atomic E-state index is 0.232. The van der Waals surface area contributed by atoms with Crippen LogP contribution in [0.4, 0.5) is 11.4 Å². The number of rotatable bonds is 9. The zero-order valence-corrected chi connectivity index (χ0v) is 18.8. The van der Waals surface area contributed by atoms with E-state index < -0.39 is 0 Å². The minimum atomic E-state index is -0.232. The van der Waals surface area contributed by atoms with Gasteiger partial charge in [0, 0.05) is 31.0 Å². The van der Waals surface area contributed by atoms with Gasteiger partial charge in [-0.3, -0.25) is 4.79 Å². The molecule has 3 aromatic carbocycles. The number of nitrogens with zero attached hydrogens (tertiary/aromatic N) is 1. The number of carbonyl (C=O) groups is 1. The van der Waals surface area contributed by atoms with Crippen molar-refractivity contribution in [2.45, 2.75) is 6.54 Å². The largest absolute Gasteiger partial charge is 0.493 e. The number of ether oxygens (including phenoxy) is 3. The molecule has 1 amide bonds. The van der Waals surface area contributed by atoms with Gasteiger partial charge in [0.15, 0.2) is 11.5 Å². The molecule has 0 heterocycles. The van der Waals surface area contributed by atoms with Gasteiger partial charge in [-0.05, 0) is 53.6 Å². The second-order valence-electron chi connectivity index (χ2n) is 7.17. The van der Waals surface area contributed by atoms with Crippen molar-refractivity contribution in [3.05, 3.63) is 83.9 Å². The number of methoxy groups -OCH3 is 3. The van der Waals surface area contributed by atoms with E-state index in [2.05, 4.69) is 22.3 Å². The van der Waals surface area contributed by atoms with Gasteiger partial charge in [-0.1, -0.05) is 30.3 Å². The highest BCUT2D eigenvalue weighted by Crippen LogP contribution is 2.38. The third-order valence-electron chi connectivity index (χ3n) is 4.95. The van der Waals surface area contributed by atoms with Gasteiger partial charge < -0.3 is 24.4 Å². The smallest absolute Gasteiger partial charge is 0.248 e. The van der Waals surface area contributed by atoms with Gasteiger partial charge in [0.1, 0.15) is 0 Å². The lowest BCUT2D eigenvalue weighted by atomic mass is 10.1. The Hall–Kier alpha value is -3.93. The Bertz CT molecular complexity index is 1040. The Kier molecular flexibility index (Phi) is 7.75. The van der Waals surface area contributed by atoms with E-state index in [1.807, 2.05) is 49.5 Å². The third kappa shape index (κ3) is 5.82. The summed E-state index contributed by atoms with van der Waals surface area (Å²) in [6, 6.07) is 21.6. The van der Waals surface area contributed by atoms with Gasteiger partial charge in [-0.15, -0.1) is 0 Å². The molecule has 1 N–H and O–H groups in total. The molecular weight excluding hydrogens is 404 g/mol. The molecule has 0 saturated carbocycles. The monoisotopic (exact) mass is 432 g/mol. The van der Waals surface area contributed by atoms with Crippen LogP contribution in [0.5, 0.6) is 17.2 Å². The molecule has 0 aliphatic heterocycles. The van der Waals surface area contributed by atoms with E-state index in [0.717, 1.165) is 23.5 Å². The van der Waals surface area contributed by atoms with Crippen LogP contribution in [-0.2, 0) is 11.3 Å². The first-order chi connectivity index (χ1) is 15.5. The van der Waals surface area contributed by atoms with Crippen LogP contribution in [-0.4, -0.2) is 34.3 Å². The van der Waals surface area contributed by atoms with Crippen LogP contribution < -0.4 is 24.4 Å². The molecule has 0 aromatic heterocycles. The quantitative estimate of drug-likeness (QED) is 0.482. The van der Waals surface area contributed by atoms with Gasteiger partial charge in [0.05, 0.1) is 21.3 Å². The van der Waals surface area contributed by atoms with Crippen molar-refractivity contribution >= 4 is 23.4 Å². The van der Waals surface area contributed by atoms with Crippen molar-refractivity contribution in [1.29, 1.82) is 0 Å². The zero-order chi connectivity index (χ0) is 22.9. The average Bonchev–Trinajstić information content (AvgIpc) is 2.83. The van der Waals surface area contributed by atoms with Crippen LogP contribution in [0, 0.1) is 0 Å². The summed E-state index contributed by atoms with van der Waals surface area (Å²) in [5.74, 6) is 1.34. The number of nitrogens with one attached hydrogen (secondary N) is 1. The lowest BCUT2D eigenvalue weighted by Gasteiger charge is -2.19. The lowest BCUT2D eigenvalue weighted by Crippen LogP contribution is -2.16. The predicted molar refractivity (Wildman–Crippen MR) is 129 cm³/mol. The third-order valence-corrected chi connectivity index (χ3v) is 4.95. The van der Waals surface area contributed by atoms with E-state index in [0.29, 0.717) is 17.2 Å². The Morgan fingerprint density at radius 3 is 2.09 bits per heavy atom. The van der Waals surface area contributed by atoms with Crippen LogP contribution in [0.3, 0.4) is 0 Å². The maximum atomic E-state index is 12.4.